The summed E-state index contributed by atoms with van der Waals surface area (Å²) in [6.45, 7) is -0.708. The van der Waals surface area contributed by atoms with Crippen molar-refractivity contribution in [2.24, 2.45) is 0 Å². The zero-order valence-corrected chi connectivity index (χ0v) is 15.0. The van der Waals surface area contributed by atoms with Crippen LogP contribution in [0.2, 0.25) is 0 Å². The number of esters is 2. The second kappa shape index (κ2) is 8.84. The molecule has 0 radical (unpaired) electrons. The van der Waals surface area contributed by atoms with E-state index in [-0.39, 0.29) is 11.6 Å². The maximum atomic E-state index is 13.5. The van der Waals surface area contributed by atoms with Crippen molar-refractivity contribution < 1.29 is 58.7 Å². The molecule has 0 fully saturated rings. The fourth-order valence-corrected chi connectivity index (χ4v) is 1.85. The highest BCUT2D eigenvalue weighted by Gasteiger charge is 2.69. The summed E-state index contributed by atoms with van der Waals surface area (Å²) in [5, 5.41) is -5.27. The summed E-state index contributed by atoms with van der Waals surface area (Å²) in [5.41, 5.74) is 0.176. The lowest BCUT2D eigenvalue weighted by Gasteiger charge is -2.32. The zero-order valence-electron chi connectivity index (χ0n) is 14.2. The van der Waals surface area contributed by atoms with Crippen LogP contribution in [0.15, 0.2) is 43.0 Å². The lowest BCUT2D eigenvalue weighted by molar-refractivity contribution is -0.360. The van der Waals surface area contributed by atoms with Gasteiger partial charge in [-0.2, -0.15) is 30.4 Å². The van der Waals surface area contributed by atoms with E-state index < -0.39 is 52.5 Å². The average molecular weight is 448 g/mol. The highest BCUT2D eigenvalue weighted by Crippen LogP contribution is 2.38. The molecule has 14 heteroatoms. The highest BCUT2D eigenvalue weighted by atomic mass is 32.2. The molecule has 0 aliphatic carbocycles. The van der Waals surface area contributed by atoms with Crippen LogP contribution in [-0.2, 0) is 40.5 Å². The second-order valence-corrected chi connectivity index (χ2v) is 6.75. The number of benzene rings is 1. The van der Waals surface area contributed by atoms with E-state index in [1.54, 1.807) is 0 Å². The summed E-state index contributed by atoms with van der Waals surface area (Å²) in [4.78, 5) is 23.4. The molecule has 0 amide bonds. The first kappa shape index (κ1) is 24.5. The molecule has 29 heavy (non-hydrogen) atoms. The first-order valence-electron chi connectivity index (χ1n) is 7.28. The summed E-state index contributed by atoms with van der Waals surface area (Å²) in [6.07, 6.45) is -5.83. The van der Waals surface area contributed by atoms with Gasteiger partial charge in [0.05, 0.1) is 0 Å². The van der Waals surface area contributed by atoms with Gasteiger partial charge in [-0.15, -0.1) is 0 Å². The fraction of sp³-hybridized carbons (Fsp3) is 0.333. The number of halogens is 5. The maximum absolute atomic E-state index is 13.5. The quantitative estimate of drug-likeness (QED) is 0.201. The van der Waals surface area contributed by atoms with Crippen LogP contribution in [0.3, 0.4) is 0 Å². The number of carbonyl (C=O) groups excluding carboxylic acids is 2. The Balaban J connectivity index is 3.27. The number of carbonyl (C=O) groups is 2. The van der Waals surface area contributed by atoms with Crippen LogP contribution >= 0.6 is 0 Å². The number of ether oxygens (including phenoxy) is 3. The maximum Gasteiger partial charge on any atom is 0.468 e. The first-order valence-corrected chi connectivity index (χ1v) is 8.72. The van der Waals surface area contributed by atoms with Crippen LogP contribution in [0.1, 0.15) is 5.56 Å². The number of alkyl halides is 5. The van der Waals surface area contributed by atoms with E-state index in [1.165, 1.54) is 30.3 Å². The Morgan fingerprint density at radius 1 is 1.10 bits per heavy atom. The number of rotatable bonds is 9. The summed E-state index contributed by atoms with van der Waals surface area (Å²) < 4.78 is 109. The van der Waals surface area contributed by atoms with Gasteiger partial charge in [0, 0.05) is 6.08 Å². The molecule has 0 aromatic heterocycles. The van der Waals surface area contributed by atoms with Gasteiger partial charge in [0.15, 0.2) is 0 Å². The van der Waals surface area contributed by atoms with Gasteiger partial charge in [0.25, 0.3) is 0 Å². The monoisotopic (exact) mass is 448 g/mol. The largest absolute Gasteiger partial charge is 0.468 e. The third-order valence-electron chi connectivity index (χ3n) is 3.09. The van der Waals surface area contributed by atoms with Crippen LogP contribution in [0.25, 0.3) is 0 Å². The Morgan fingerprint density at radius 3 is 2.10 bits per heavy atom. The van der Waals surface area contributed by atoms with E-state index in [0.29, 0.717) is 0 Å². The van der Waals surface area contributed by atoms with Gasteiger partial charge in [-0.25, -0.2) is 9.59 Å². The van der Waals surface area contributed by atoms with Crippen molar-refractivity contribution in [3.63, 3.8) is 0 Å². The molecule has 0 aliphatic rings. The van der Waals surface area contributed by atoms with E-state index in [4.69, 9.17) is 4.55 Å². The summed E-state index contributed by atoms with van der Waals surface area (Å²) in [6, 6.07) is 7.11. The summed E-state index contributed by atoms with van der Waals surface area (Å²) in [5.74, 6) is -9.16. The first-order chi connectivity index (χ1) is 13.2. The van der Waals surface area contributed by atoms with Crippen LogP contribution in [0, 0.1) is 0 Å². The molecule has 0 saturated heterocycles. The van der Waals surface area contributed by atoms with Crippen LogP contribution in [-0.4, -0.2) is 48.7 Å². The van der Waals surface area contributed by atoms with Crippen LogP contribution < -0.4 is 0 Å². The van der Waals surface area contributed by atoms with E-state index in [9.17, 15) is 40.0 Å². The molecular weight excluding hydrogens is 435 g/mol. The highest BCUT2D eigenvalue weighted by molar-refractivity contribution is 7.86. The minimum Gasteiger partial charge on any atom is -0.456 e. The Kier molecular flexibility index (Phi) is 7.45. The van der Waals surface area contributed by atoms with Gasteiger partial charge in [0.1, 0.15) is 13.2 Å². The molecule has 0 saturated carbocycles. The molecule has 0 spiro atoms. The molecule has 0 bridgehead atoms. The van der Waals surface area contributed by atoms with E-state index >= 15 is 0 Å². The number of hydrogen-bond donors (Lipinski definition) is 1. The molecule has 1 aromatic carbocycles. The van der Waals surface area contributed by atoms with Crippen LogP contribution in [0.5, 0.6) is 0 Å². The van der Waals surface area contributed by atoms with Crippen molar-refractivity contribution >= 4 is 22.1 Å². The molecule has 1 aromatic rings. The minimum absolute atomic E-state index is 0.162. The van der Waals surface area contributed by atoms with Crippen molar-refractivity contribution in [3.05, 3.63) is 48.6 Å². The van der Waals surface area contributed by atoms with Gasteiger partial charge in [-0.3, -0.25) is 4.55 Å². The van der Waals surface area contributed by atoms with Gasteiger partial charge in [0.2, 0.25) is 0 Å². The summed E-state index contributed by atoms with van der Waals surface area (Å²) >= 11 is 0. The topological polar surface area (TPSA) is 116 Å². The van der Waals surface area contributed by atoms with Crippen molar-refractivity contribution in [1.29, 1.82) is 0 Å². The van der Waals surface area contributed by atoms with Crippen molar-refractivity contribution in [3.8, 4) is 0 Å². The van der Waals surface area contributed by atoms with Crippen molar-refractivity contribution in [2.45, 2.75) is 23.8 Å². The molecule has 162 valence electrons. The molecule has 1 atom stereocenters. The fourth-order valence-electron chi connectivity index (χ4n) is 1.65. The zero-order chi connectivity index (χ0) is 22.5. The van der Waals surface area contributed by atoms with E-state index in [0.717, 1.165) is 0 Å². The predicted molar refractivity (Wildman–Crippen MR) is 83.8 cm³/mol. The smallest absolute Gasteiger partial charge is 0.456 e. The molecule has 0 heterocycles. The standard InChI is InChI=1S/C15H13F5O8S/c1-2-11(21)28-14(15(18,19)20,27-9-13(16,17)29(23,24)25)12(22)26-8-10-6-4-3-5-7-10/h2-7H,1,8-9H2,(H,23,24,25). The van der Waals surface area contributed by atoms with Crippen molar-refractivity contribution in [2.75, 3.05) is 6.61 Å². The Bertz CT molecular complexity index is 853. The van der Waals surface area contributed by atoms with Crippen LogP contribution in [0.4, 0.5) is 22.0 Å². The molecule has 8 nitrogen and oxygen atoms in total. The Hall–Kier alpha value is -2.58. The van der Waals surface area contributed by atoms with Gasteiger partial charge in [-0.1, -0.05) is 36.9 Å². The third-order valence-corrected chi connectivity index (χ3v) is 3.96. The third kappa shape index (κ3) is 5.95. The lowest BCUT2D eigenvalue weighted by Crippen LogP contribution is -2.59. The lowest BCUT2D eigenvalue weighted by atomic mass is 10.2. The van der Waals surface area contributed by atoms with Crippen molar-refractivity contribution in [1.82, 2.24) is 0 Å². The van der Waals surface area contributed by atoms with E-state index in [2.05, 4.69) is 20.8 Å². The molecule has 1 N–H and O–H groups in total. The summed E-state index contributed by atoms with van der Waals surface area (Å²) in [7, 11) is -6.22. The van der Waals surface area contributed by atoms with Gasteiger partial charge in [-0.05, 0) is 5.56 Å². The SMILES string of the molecule is C=CC(=O)OC(OCC(F)(F)S(=O)(=O)O)(C(=O)OCc1ccccc1)C(F)(F)F. The van der Waals surface area contributed by atoms with E-state index in [1.807, 2.05) is 0 Å². The molecule has 1 unspecified atom stereocenters. The molecule has 0 aliphatic heterocycles. The molecule has 1 rings (SSSR count). The number of hydrogen-bond acceptors (Lipinski definition) is 7. The average Bonchev–Trinajstić information content (AvgIpc) is 2.61. The van der Waals surface area contributed by atoms with Gasteiger partial charge >= 0.3 is 39.3 Å². The minimum atomic E-state index is -6.22. The van der Waals surface area contributed by atoms with Gasteiger partial charge < -0.3 is 14.2 Å². The normalized spacial score (nSPS) is 14.6. The molecular formula is C15H13F5O8S. The Morgan fingerprint density at radius 2 is 1.66 bits per heavy atom. The predicted octanol–water partition coefficient (Wildman–Crippen LogP) is 2.21. The second-order valence-electron chi connectivity index (χ2n) is 5.20. The Labute approximate surface area is 160 Å².